The van der Waals surface area contributed by atoms with Gasteiger partial charge in [0, 0.05) is 0 Å². The third-order valence-electron chi connectivity index (χ3n) is 2.32. The Kier molecular flexibility index (Phi) is 3.43. The van der Waals surface area contributed by atoms with Crippen LogP contribution in [0.25, 0.3) is 0 Å². The lowest BCUT2D eigenvalue weighted by atomic mass is 10.2. The Hall–Kier alpha value is -2.56. The quantitative estimate of drug-likeness (QED) is 0.814. The van der Waals surface area contributed by atoms with Crippen LogP contribution in [-0.4, -0.2) is 12.2 Å². The number of ether oxygens (including phenoxy) is 1. The molecule has 0 aliphatic carbocycles. The molecule has 18 heavy (non-hydrogen) atoms. The van der Waals surface area contributed by atoms with Gasteiger partial charge in [0.2, 0.25) is 0 Å². The summed E-state index contributed by atoms with van der Waals surface area (Å²) in [5.74, 6) is 0.556. The zero-order valence-corrected chi connectivity index (χ0v) is 9.46. The minimum Gasteiger partial charge on any atom is -0.485 e. The minimum absolute atomic E-state index is 0.123. The van der Waals surface area contributed by atoms with Gasteiger partial charge in [0.25, 0.3) is 5.91 Å². The van der Waals surface area contributed by atoms with E-state index in [0.29, 0.717) is 23.4 Å². The van der Waals surface area contributed by atoms with Crippen molar-refractivity contribution in [2.75, 3.05) is 0 Å². The third kappa shape index (κ3) is 2.57. The van der Waals surface area contributed by atoms with Crippen LogP contribution in [0.15, 0.2) is 40.8 Å². The topological polar surface area (TPSA) is 82.5 Å². The van der Waals surface area contributed by atoms with Crippen LogP contribution in [0.3, 0.4) is 0 Å². The van der Waals surface area contributed by atoms with E-state index in [1.807, 2.05) is 0 Å². The lowest BCUT2D eigenvalue weighted by molar-refractivity contribution is 0.0995. The lowest BCUT2D eigenvalue weighted by Gasteiger charge is -2.07. The van der Waals surface area contributed by atoms with Crippen molar-refractivity contribution in [1.82, 2.24) is 0 Å². The first-order chi connectivity index (χ1) is 8.70. The van der Waals surface area contributed by atoms with E-state index in [1.54, 1.807) is 36.4 Å². The van der Waals surface area contributed by atoms with Crippen molar-refractivity contribution in [3.8, 4) is 5.75 Å². The SMILES string of the molecule is NC(=O)c1ccccc1OCc1ccc(C=O)o1. The van der Waals surface area contributed by atoms with E-state index >= 15 is 0 Å². The Morgan fingerprint density at radius 1 is 1.28 bits per heavy atom. The summed E-state index contributed by atoms with van der Waals surface area (Å²) >= 11 is 0. The van der Waals surface area contributed by atoms with Crippen LogP contribution in [-0.2, 0) is 6.61 Å². The second-order valence-electron chi connectivity index (χ2n) is 3.57. The molecule has 0 radical (unpaired) electrons. The molecule has 2 aromatic rings. The first-order valence-electron chi connectivity index (χ1n) is 5.26. The Morgan fingerprint density at radius 2 is 2.06 bits per heavy atom. The highest BCUT2D eigenvalue weighted by Crippen LogP contribution is 2.19. The fourth-order valence-electron chi connectivity index (χ4n) is 1.48. The third-order valence-corrected chi connectivity index (χ3v) is 2.32. The number of carbonyl (C=O) groups is 2. The number of carbonyl (C=O) groups excluding carboxylic acids is 2. The fraction of sp³-hybridized carbons (Fsp3) is 0.0769. The van der Waals surface area contributed by atoms with E-state index in [0.717, 1.165) is 0 Å². The first-order valence-corrected chi connectivity index (χ1v) is 5.26. The highest BCUT2D eigenvalue weighted by Gasteiger charge is 2.09. The van der Waals surface area contributed by atoms with Crippen molar-refractivity contribution in [3.63, 3.8) is 0 Å². The molecule has 5 heteroatoms. The van der Waals surface area contributed by atoms with Crippen LogP contribution in [0.1, 0.15) is 26.7 Å². The van der Waals surface area contributed by atoms with Gasteiger partial charge in [-0.1, -0.05) is 12.1 Å². The highest BCUT2D eigenvalue weighted by atomic mass is 16.5. The van der Waals surface area contributed by atoms with Crippen LogP contribution < -0.4 is 10.5 Å². The predicted octanol–water partition coefficient (Wildman–Crippen LogP) is 1.77. The van der Waals surface area contributed by atoms with Gasteiger partial charge in [-0.2, -0.15) is 0 Å². The number of furan rings is 1. The smallest absolute Gasteiger partial charge is 0.252 e. The molecule has 5 nitrogen and oxygen atoms in total. The molecule has 0 saturated heterocycles. The second kappa shape index (κ2) is 5.18. The summed E-state index contributed by atoms with van der Waals surface area (Å²) in [5.41, 5.74) is 5.53. The first kappa shape index (κ1) is 11.9. The molecule has 0 aliphatic heterocycles. The molecule has 0 atom stereocenters. The number of amides is 1. The van der Waals surface area contributed by atoms with Crippen molar-refractivity contribution < 1.29 is 18.7 Å². The lowest BCUT2D eigenvalue weighted by Crippen LogP contribution is -2.12. The van der Waals surface area contributed by atoms with Crippen molar-refractivity contribution >= 4 is 12.2 Å². The molecule has 0 aliphatic rings. The summed E-state index contributed by atoms with van der Waals surface area (Å²) in [6.07, 6.45) is 0.612. The normalized spacial score (nSPS) is 10.0. The molecule has 1 aromatic heterocycles. The van der Waals surface area contributed by atoms with Gasteiger partial charge in [-0.05, 0) is 24.3 Å². The summed E-state index contributed by atoms with van der Waals surface area (Å²) in [5, 5.41) is 0. The molecule has 2 rings (SSSR count). The summed E-state index contributed by atoms with van der Waals surface area (Å²) in [6, 6.07) is 9.84. The average molecular weight is 245 g/mol. The maximum Gasteiger partial charge on any atom is 0.252 e. The minimum atomic E-state index is -0.557. The Morgan fingerprint density at radius 3 is 2.72 bits per heavy atom. The molecule has 0 fully saturated rings. The van der Waals surface area contributed by atoms with Crippen LogP contribution in [0, 0.1) is 0 Å². The number of aldehydes is 1. The Balaban J connectivity index is 2.10. The van der Waals surface area contributed by atoms with Gasteiger partial charge in [-0.3, -0.25) is 9.59 Å². The highest BCUT2D eigenvalue weighted by molar-refractivity contribution is 5.95. The maximum atomic E-state index is 11.2. The largest absolute Gasteiger partial charge is 0.485 e. The van der Waals surface area contributed by atoms with Crippen molar-refractivity contribution in [1.29, 1.82) is 0 Å². The summed E-state index contributed by atoms with van der Waals surface area (Å²) in [4.78, 5) is 21.6. The van der Waals surface area contributed by atoms with Crippen LogP contribution in [0.2, 0.25) is 0 Å². The van der Waals surface area contributed by atoms with Gasteiger partial charge in [-0.15, -0.1) is 0 Å². The second-order valence-corrected chi connectivity index (χ2v) is 3.57. The molecule has 1 aromatic carbocycles. The fourth-order valence-corrected chi connectivity index (χ4v) is 1.48. The molecule has 1 amide bonds. The van der Waals surface area contributed by atoms with Crippen molar-refractivity contribution in [2.24, 2.45) is 5.73 Å². The van der Waals surface area contributed by atoms with Crippen LogP contribution in [0.4, 0.5) is 0 Å². The molecule has 0 saturated carbocycles. The van der Waals surface area contributed by atoms with Crippen LogP contribution >= 0.6 is 0 Å². The van der Waals surface area contributed by atoms with Crippen molar-refractivity contribution in [3.05, 3.63) is 53.5 Å². The number of primary amides is 1. The van der Waals surface area contributed by atoms with E-state index < -0.39 is 5.91 Å². The van der Waals surface area contributed by atoms with E-state index in [2.05, 4.69) is 0 Å². The zero-order valence-electron chi connectivity index (χ0n) is 9.46. The molecular formula is C13H11NO4. The molecule has 1 heterocycles. The monoisotopic (exact) mass is 245 g/mol. The number of rotatable bonds is 5. The van der Waals surface area contributed by atoms with Crippen LogP contribution in [0.5, 0.6) is 5.75 Å². The van der Waals surface area contributed by atoms with Gasteiger partial charge in [-0.25, -0.2) is 0 Å². The summed E-state index contributed by atoms with van der Waals surface area (Å²) in [6.45, 7) is 0.123. The molecule has 92 valence electrons. The zero-order chi connectivity index (χ0) is 13.0. The average Bonchev–Trinajstić information content (AvgIpc) is 2.84. The number of hydrogen-bond donors (Lipinski definition) is 1. The van der Waals surface area contributed by atoms with Gasteiger partial charge >= 0.3 is 0 Å². The summed E-state index contributed by atoms with van der Waals surface area (Å²) in [7, 11) is 0. The van der Waals surface area contributed by atoms with Gasteiger partial charge in [0.15, 0.2) is 12.0 Å². The molecule has 2 N–H and O–H groups in total. The Bertz CT molecular complexity index is 574. The van der Waals surface area contributed by atoms with Gasteiger partial charge < -0.3 is 14.9 Å². The summed E-state index contributed by atoms with van der Waals surface area (Å²) < 4.78 is 10.6. The number of para-hydroxylation sites is 1. The molecular weight excluding hydrogens is 234 g/mol. The van der Waals surface area contributed by atoms with E-state index in [1.165, 1.54) is 0 Å². The number of benzene rings is 1. The Labute approximate surface area is 103 Å². The molecule has 0 bridgehead atoms. The van der Waals surface area contributed by atoms with E-state index in [9.17, 15) is 9.59 Å². The van der Waals surface area contributed by atoms with E-state index in [-0.39, 0.29) is 12.4 Å². The molecule has 0 unspecified atom stereocenters. The maximum absolute atomic E-state index is 11.2. The van der Waals surface area contributed by atoms with E-state index in [4.69, 9.17) is 14.9 Å². The molecule has 0 spiro atoms. The standard InChI is InChI=1S/C13H11NO4/c14-13(16)11-3-1-2-4-12(11)17-8-10-6-5-9(7-15)18-10/h1-7H,8H2,(H2,14,16). The number of nitrogens with two attached hydrogens (primary N) is 1. The predicted molar refractivity (Wildman–Crippen MR) is 63.4 cm³/mol. The van der Waals surface area contributed by atoms with Gasteiger partial charge in [0.05, 0.1) is 5.56 Å². The van der Waals surface area contributed by atoms with Gasteiger partial charge in [0.1, 0.15) is 18.1 Å². The van der Waals surface area contributed by atoms with Crippen molar-refractivity contribution in [2.45, 2.75) is 6.61 Å². The number of hydrogen-bond acceptors (Lipinski definition) is 4.